The van der Waals surface area contributed by atoms with Gasteiger partial charge in [-0.1, -0.05) is 26.2 Å². The Morgan fingerprint density at radius 3 is 2.82 bits per heavy atom. The molecule has 2 atom stereocenters. The predicted octanol–water partition coefficient (Wildman–Crippen LogP) is 2.39. The highest BCUT2D eigenvalue weighted by atomic mass is 16.5. The minimum absolute atomic E-state index is 0.107. The molecule has 17 heavy (non-hydrogen) atoms. The van der Waals surface area contributed by atoms with E-state index >= 15 is 0 Å². The number of hydrogen-bond acceptors (Lipinski definition) is 4. The molecule has 0 amide bonds. The van der Waals surface area contributed by atoms with E-state index in [1.54, 1.807) is 0 Å². The first kappa shape index (κ1) is 13.7. The van der Waals surface area contributed by atoms with Gasteiger partial charge in [-0.3, -0.25) is 9.59 Å². The van der Waals surface area contributed by atoms with E-state index in [4.69, 9.17) is 0 Å². The number of methoxy groups -OCH3 is 1. The lowest BCUT2D eigenvalue weighted by Gasteiger charge is -2.27. The summed E-state index contributed by atoms with van der Waals surface area (Å²) in [5.41, 5.74) is 0. The van der Waals surface area contributed by atoms with Gasteiger partial charge in [-0.2, -0.15) is 0 Å². The summed E-state index contributed by atoms with van der Waals surface area (Å²) >= 11 is 0. The Hall–Kier alpha value is -1.32. The molecule has 0 aromatic heterocycles. The van der Waals surface area contributed by atoms with Crippen molar-refractivity contribution < 1.29 is 19.4 Å². The van der Waals surface area contributed by atoms with Gasteiger partial charge in [0.2, 0.25) is 0 Å². The van der Waals surface area contributed by atoms with Crippen LogP contribution >= 0.6 is 0 Å². The lowest BCUT2D eigenvalue weighted by Crippen LogP contribution is -2.32. The van der Waals surface area contributed by atoms with Gasteiger partial charge < -0.3 is 9.84 Å². The number of carbonyl (C=O) groups excluding carboxylic acids is 2. The molecule has 0 aromatic rings. The second-order valence-electron chi connectivity index (χ2n) is 4.50. The van der Waals surface area contributed by atoms with Crippen molar-refractivity contribution in [3.8, 4) is 0 Å². The molecule has 1 aliphatic carbocycles. The molecule has 1 N–H and O–H groups in total. The third-order valence-electron chi connectivity index (χ3n) is 3.20. The fraction of sp³-hybridized carbons (Fsp3) is 0.692. The molecule has 0 aliphatic heterocycles. The van der Waals surface area contributed by atoms with Crippen LogP contribution in [-0.2, 0) is 14.3 Å². The van der Waals surface area contributed by atoms with E-state index in [-0.39, 0.29) is 17.5 Å². The first-order valence-corrected chi connectivity index (χ1v) is 6.11. The maximum atomic E-state index is 11.6. The Labute approximate surface area is 102 Å². The molecule has 4 nitrogen and oxygen atoms in total. The van der Waals surface area contributed by atoms with Crippen molar-refractivity contribution in [3.63, 3.8) is 0 Å². The maximum absolute atomic E-state index is 11.6. The number of allylic oxidation sites excluding steroid dienone is 1. The highest BCUT2D eigenvalue weighted by Crippen LogP contribution is 2.32. The summed E-state index contributed by atoms with van der Waals surface area (Å²) in [4.78, 5) is 23.0. The molecule has 4 heteroatoms. The minimum atomic E-state index is -0.658. The Balaban J connectivity index is 2.74. The number of ether oxygens (including phenoxy) is 1. The lowest BCUT2D eigenvalue weighted by atomic mass is 9.79. The van der Waals surface area contributed by atoms with Crippen molar-refractivity contribution in [2.45, 2.75) is 39.0 Å². The number of aliphatic hydroxyl groups is 1. The van der Waals surface area contributed by atoms with Crippen LogP contribution in [0.2, 0.25) is 0 Å². The number of ketones is 1. The third kappa shape index (κ3) is 3.58. The Morgan fingerprint density at radius 1 is 1.53 bits per heavy atom. The van der Waals surface area contributed by atoms with Gasteiger partial charge in [-0.15, -0.1) is 0 Å². The molecule has 0 saturated carbocycles. The van der Waals surface area contributed by atoms with Crippen molar-refractivity contribution >= 4 is 11.8 Å². The molecule has 0 aromatic carbocycles. The summed E-state index contributed by atoms with van der Waals surface area (Å²) in [6.45, 7) is 2.10. The average Bonchev–Trinajstić information content (AvgIpc) is 2.28. The highest BCUT2D eigenvalue weighted by Gasteiger charge is 2.37. The number of carbonyl (C=O) groups is 2. The fourth-order valence-corrected chi connectivity index (χ4v) is 2.30. The molecular weight excluding hydrogens is 220 g/mol. The summed E-state index contributed by atoms with van der Waals surface area (Å²) in [5, 5.41) is 9.71. The van der Waals surface area contributed by atoms with Crippen LogP contribution in [-0.4, -0.2) is 24.0 Å². The van der Waals surface area contributed by atoms with Gasteiger partial charge in [0.1, 0.15) is 11.7 Å². The summed E-state index contributed by atoms with van der Waals surface area (Å²) in [5.74, 6) is -1.48. The molecule has 0 bridgehead atoms. The van der Waals surface area contributed by atoms with Crippen LogP contribution in [0.4, 0.5) is 0 Å². The Kier molecular flexibility index (Phi) is 5.19. The van der Waals surface area contributed by atoms with Crippen molar-refractivity contribution in [1.29, 1.82) is 0 Å². The molecule has 0 saturated heterocycles. The van der Waals surface area contributed by atoms with Crippen molar-refractivity contribution in [2.24, 2.45) is 11.8 Å². The summed E-state index contributed by atoms with van der Waals surface area (Å²) in [6, 6.07) is 0. The highest BCUT2D eigenvalue weighted by molar-refractivity contribution is 5.93. The normalized spacial score (nSPS) is 24.4. The van der Waals surface area contributed by atoms with Crippen molar-refractivity contribution in [1.82, 2.24) is 0 Å². The van der Waals surface area contributed by atoms with E-state index in [1.807, 2.05) is 0 Å². The Morgan fingerprint density at radius 2 is 2.24 bits per heavy atom. The smallest absolute Gasteiger partial charge is 0.316 e. The van der Waals surface area contributed by atoms with Crippen LogP contribution in [0.15, 0.2) is 11.8 Å². The topological polar surface area (TPSA) is 63.6 Å². The van der Waals surface area contributed by atoms with E-state index < -0.39 is 11.9 Å². The van der Waals surface area contributed by atoms with E-state index in [2.05, 4.69) is 11.7 Å². The van der Waals surface area contributed by atoms with Gasteiger partial charge in [0.05, 0.1) is 7.11 Å². The van der Waals surface area contributed by atoms with E-state index in [9.17, 15) is 14.7 Å². The average molecular weight is 240 g/mol. The summed E-state index contributed by atoms with van der Waals surface area (Å²) in [6.07, 6.45) is 5.38. The zero-order chi connectivity index (χ0) is 12.8. The molecular formula is C13H20O4. The van der Waals surface area contributed by atoms with Crippen LogP contribution in [0.1, 0.15) is 39.0 Å². The van der Waals surface area contributed by atoms with Crippen molar-refractivity contribution in [3.05, 3.63) is 11.8 Å². The lowest BCUT2D eigenvalue weighted by molar-refractivity contribution is -0.147. The summed E-state index contributed by atoms with van der Waals surface area (Å²) in [7, 11) is 1.30. The SMILES string of the molecule is CCCCCC1CC(=O)C=C(O)C1C(=O)OC. The molecule has 0 heterocycles. The van der Waals surface area contributed by atoms with Gasteiger partial charge >= 0.3 is 5.97 Å². The molecule has 2 unspecified atom stereocenters. The zero-order valence-corrected chi connectivity index (χ0v) is 10.4. The first-order chi connectivity index (χ1) is 8.10. The molecule has 1 rings (SSSR count). The molecule has 0 fully saturated rings. The largest absolute Gasteiger partial charge is 0.511 e. The third-order valence-corrected chi connectivity index (χ3v) is 3.20. The second kappa shape index (κ2) is 6.42. The fourth-order valence-electron chi connectivity index (χ4n) is 2.30. The second-order valence-corrected chi connectivity index (χ2v) is 4.50. The predicted molar refractivity (Wildman–Crippen MR) is 63.5 cm³/mol. The molecule has 96 valence electrons. The minimum Gasteiger partial charge on any atom is -0.511 e. The zero-order valence-electron chi connectivity index (χ0n) is 10.4. The Bertz CT molecular complexity index is 319. The first-order valence-electron chi connectivity index (χ1n) is 6.11. The van der Waals surface area contributed by atoms with E-state index in [0.717, 1.165) is 31.8 Å². The van der Waals surface area contributed by atoms with Crippen LogP contribution in [0.5, 0.6) is 0 Å². The monoisotopic (exact) mass is 240 g/mol. The van der Waals surface area contributed by atoms with Crippen LogP contribution in [0, 0.1) is 11.8 Å². The summed E-state index contributed by atoms with van der Waals surface area (Å²) < 4.78 is 4.68. The number of rotatable bonds is 5. The quantitative estimate of drug-likeness (QED) is 0.592. The van der Waals surface area contributed by atoms with Gasteiger partial charge in [-0.05, 0) is 12.3 Å². The number of esters is 1. The molecule has 0 spiro atoms. The van der Waals surface area contributed by atoms with Gasteiger partial charge in [-0.25, -0.2) is 0 Å². The maximum Gasteiger partial charge on any atom is 0.316 e. The van der Waals surface area contributed by atoms with E-state index in [1.165, 1.54) is 7.11 Å². The number of aliphatic hydroxyl groups excluding tert-OH is 1. The standard InChI is InChI=1S/C13H20O4/c1-3-4-5-6-9-7-10(14)8-11(15)12(9)13(16)17-2/h8-9,12,15H,3-7H2,1-2H3. The molecule has 0 radical (unpaired) electrons. The number of hydrogen-bond donors (Lipinski definition) is 1. The van der Waals surface area contributed by atoms with Crippen molar-refractivity contribution in [2.75, 3.05) is 7.11 Å². The van der Waals surface area contributed by atoms with Crippen LogP contribution in [0.3, 0.4) is 0 Å². The van der Waals surface area contributed by atoms with Crippen LogP contribution < -0.4 is 0 Å². The molecule has 1 aliphatic rings. The van der Waals surface area contributed by atoms with Gasteiger partial charge in [0.25, 0.3) is 0 Å². The van der Waals surface area contributed by atoms with Crippen LogP contribution in [0.25, 0.3) is 0 Å². The van der Waals surface area contributed by atoms with E-state index in [0.29, 0.717) is 6.42 Å². The van der Waals surface area contributed by atoms with Gasteiger partial charge in [0.15, 0.2) is 5.78 Å². The van der Waals surface area contributed by atoms with Gasteiger partial charge in [0, 0.05) is 12.5 Å². The number of unbranched alkanes of at least 4 members (excludes halogenated alkanes) is 2.